The van der Waals surface area contributed by atoms with Crippen molar-refractivity contribution in [2.75, 3.05) is 11.9 Å². The highest BCUT2D eigenvalue weighted by Crippen LogP contribution is 2.32. The number of aromatic nitrogens is 2. The van der Waals surface area contributed by atoms with Crippen LogP contribution in [0.1, 0.15) is 23.1 Å². The number of benzene rings is 1. The van der Waals surface area contributed by atoms with E-state index in [2.05, 4.69) is 10.3 Å². The van der Waals surface area contributed by atoms with Crippen LogP contribution >= 0.6 is 34.8 Å². The lowest BCUT2D eigenvalue weighted by Gasteiger charge is -2.10. The molecule has 0 aliphatic carbocycles. The number of aryl methyl sites for hydroxylation is 1. The summed E-state index contributed by atoms with van der Waals surface area (Å²) in [5.41, 5.74) is 1.91. The zero-order valence-corrected chi connectivity index (χ0v) is 15.7. The molecule has 130 valence electrons. The molecule has 1 N–H and O–H groups in total. The average Bonchev–Trinajstić information content (AvgIpc) is 2.90. The van der Waals surface area contributed by atoms with Gasteiger partial charge in [-0.1, -0.05) is 34.8 Å². The Hall–Kier alpha value is -1.95. The highest BCUT2D eigenvalue weighted by molar-refractivity contribution is 6.44. The first-order valence-electron chi connectivity index (χ1n) is 7.48. The van der Waals surface area contributed by atoms with Gasteiger partial charge in [0.15, 0.2) is 11.4 Å². The highest BCUT2D eigenvalue weighted by atomic mass is 35.5. The van der Waals surface area contributed by atoms with Gasteiger partial charge in [0, 0.05) is 6.20 Å². The number of carbonyl (C=O) groups excluding carboxylic acids is 1. The van der Waals surface area contributed by atoms with Gasteiger partial charge in [-0.15, -0.1) is 0 Å². The summed E-state index contributed by atoms with van der Waals surface area (Å²) in [6.45, 7) is 4.15. The summed E-state index contributed by atoms with van der Waals surface area (Å²) in [6.07, 6.45) is 1.75. The normalized spacial score (nSPS) is 10.9. The van der Waals surface area contributed by atoms with Crippen LogP contribution in [0.4, 0.5) is 5.69 Å². The lowest BCUT2D eigenvalue weighted by atomic mass is 10.2. The quantitative estimate of drug-likeness (QED) is 0.610. The van der Waals surface area contributed by atoms with E-state index in [0.29, 0.717) is 50.1 Å². The van der Waals surface area contributed by atoms with Crippen LogP contribution in [0.2, 0.25) is 15.1 Å². The number of nitrogens with one attached hydrogen (secondary N) is 1. The van der Waals surface area contributed by atoms with E-state index >= 15 is 0 Å². The van der Waals surface area contributed by atoms with Crippen molar-refractivity contribution in [3.05, 3.63) is 56.9 Å². The second-order valence-corrected chi connectivity index (χ2v) is 6.47. The van der Waals surface area contributed by atoms with E-state index in [-0.39, 0.29) is 5.91 Å². The molecule has 2 aromatic heterocycles. The van der Waals surface area contributed by atoms with E-state index in [4.69, 9.17) is 39.5 Å². The van der Waals surface area contributed by atoms with Crippen LogP contribution in [0.5, 0.6) is 5.75 Å². The molecule has 25 heavy (non-hydrogen) atoms. The summed E-state index contributed by atoms with van der Waals surface area (Å²) < 4.78 is 7.25. The molecule has 0 atom stereocenters. The van der Waals surface area contributed by atoms with E-state index in [1.165, 1.54) is 12.1 Å². The first-order chi connectivity index (χ1) is 11.9. The number of pyridine rings is 1. The van der Waals surface area contributed by atoms with Gasteiger partial charge in [0.25, 0.3) is 5.91 Å². The maximum atomic E-state index is 12.8. The van der Waals surface area contributed by atoms with Gasteiger partial charge in [-0.25, -0.2) is 4.98 Å². The molecule has 0 unspecified atom stereocenters. The second-order valence-electron chi connectivity index (χ2n) is 5.25. The molecule has 0 spiro atoms. The van der Waals surface area contributed by atoms with Crippen molar-refractivity contribution in [1.29, 1.82) is 0 Å². The molecule has 8 heteroatoms. The number of fused-ring (bicyclic) bond motifs is 1. The maximum Gasteiger partial charge on any atom is 0.274 e. The molecule has 5 nitrogen and oxygen atoms in total. The van der Waals surface area contributed by atoms with E-state index < -0.39 is 0 Å². The molecular weight excluding hydrogens is 385 g/mol. The molecule has 1 aromatic carbocycles. The maximum absolute atomic E-state index is 12.8. The minimum atomic E-state index is -0.362. The highest BCUT2D eigenvalue weighted by Gasteiger charge is 2.20. The monoisotopic (exact) mass is 397 g/mol. The van der Waals surface area contributed by atoms with Crippen LogP contribution in [0.25, 0.3) is 5.65 Å². The van der Waals surface area contributed by atoms with Crippen LogP contribution < -0.4 is 10.1 Å². The van der Waals surface area contributed by atoms with Gasteiger partial charge >= 0.3 is 0 Å². The lowest BCUT2D eigenvalue weighted by Crippen LogP contribution is -2.16. The Balaban J connectivity index is 2.02. The van der Waals surface area contributed by atoms with Crippen molar-refractivity contribution < 1.29 is 9.53 Å². The molecule has 2 heterocycles. The van der Waals surface area contributed by atoms with Gasteiger partial charge in [-0.3, -0.25) is 9.20 Å². The van der Waals surface area contributed by atoms with Crippen LogP contribution in [0.3, 0.4) is 0 Å². The Labute approximate surface area is 159 Å². The number of amides is 1. The fourth-order valence-electron chi connectivity index (χ4n) is 2.50. The van der Waals surface area contributed by atoms with Crippen LogP contribution in [-0.2, 0) is 0 Å². The third kappa shape index (κ3) is 3.40. The van der Waals surface area contributed by atoms with Gasteiger partial charge in [-0.2, -0.15) is 0 Å². The number of halogens is 3. The fourth-order valence-corrected chi connectivity index (χ4v) is 3.09. The SMILES string of the molecule is CCOc1cccn2c(C(=O)Nc3cc(Cl)c(Cl)cc3Cl)c(C)nc12. The molecule has 0 saturated carbocycles. The average molecular weight is 399 g/mol. The van der Waals surface area contributed by atoms with E-state index in [1.807, 2.05) is 13.0 Å². The van der Waals surface area contributed by atoms with Crippen LogP contribution in [-0.4, -0.2) is 21.9 Å². The Kier molecular flexibility index (Phi) is 5.08. The third-order valence-corrected chi connectivity index (χ3v) is 4.60. The van der Waals surface area contributed by atoms with Crippen molar-refractivity contribution in [1.82, 2.24) is 9.38 Å². The standard InChI is InChI=1S/C17H14Cl3N3O2/c1-3-25-14-5-4-6-23-15(9(2)21-16(14)23)17(24)22-13-8-11(19)10(18)7-12(13)20/h4-8H,3H2,1-2H3,(H,22,24). The summed E-state index contributed by atoms with van der Waals surface area (Å²) in [5.74, 6) is 0.249. The zero-order valence-electron chi connectivity index (χ0n) is 13.4. The van der Waals surface area contributed by atoms with Gasteiger partial charge < -0.3 is 10.1 Å². The number of rotatable bonds is 4. The number of hydrogen-bond acceptors (Lipinski definition) is 3. The Morgan fingerprint density at radius 2 is 1.96 bits per heavy atom. The molecule has 0 aliphatic rings. The first kappa shape index (κ1) is 17.9. The minimum absolute atomic E-state index is 0.296. The Bertz CT molecular complexity index is 969. The molecule has 3 aromatic rings. The largest absolute Gasteiger partial charge is 0.490 e. The van der Waals surface area contributed by atoms with Crippen molar-refractivity contribution in [2.24, 2.45) is 0 Å². The Morgan fingerprint density at radius 1 is 1.24 bits per heavy atom. The smallest absolute Gasteiger partial charge is 0.274 e. The zero-order chi connectivity index (χ0) is 18.1. The number of carbonyl (C=O) groups is 1. The number of anilines is 1. The molecule has 1 amide bonds. The molecule has 3 rings (SSSR count). The number of imidazole rings is 1. The first-order valence-corrected chi connectivity index (χ1v) is 8.62. The van der Waals surface area contributed by atoms with E-state index in [1.54, 1.807) is 23.6 Å². The van der Waals surface area contributed by atoms with Crippen molar-refractivity contribution in [3.8, 4) is 5.75 Å². The topological polar surface area (TPSA) is 55.6 Å². The minimum Gasteiger partial charge on any atom is -0.490 e. The fraction of sp³-hybridized carbons (Fsp3) is 0.176. The predicted octanol–water partition coefficient (Wildman–Crippen LogP) is 5.25. The van der Waals surface area contributed by atoms with Crippen molar-refractivity contribution in [3.63, 3.8) is 0 Å². The van der Waals surface area contributed by atoms with E-state index in [9.17, 15) is 4.79 Å². The number of nitrogens with zero attached hydrogens (tertiary/aromatic N) is 2. The summed E-state index contributed by atoms with van der Waals surface area (Å²) in [5, 5.41) is 3.66. The van der Waals surface area contributed by atoms with Gasteiger partial charge in [0.2, 0.25) is 0 Å². The molecule has 0 saturated heterocycles. The van der Waals surface area contributed by atoms with Crippen LogP contribution in [0.15, 0.2) is 30.5 Å². The van der Waals surface area contributed by atoms with Gasteiger partial charge in [0.1, 0.15) is 5.69 Å². The van der Waals surface area contributed by atoms with Gasteiger partial charge in [-0.05, 0) is 38.1 Å². The summed E-state index contributed by atoms with van der Waals surface area (Å²) >= 11 is 18.0. The Morgan fingerprint density at radius 3 is 2.68 bits per heavy atom. The lowest BCUT2D eigenvalue weighted by molar-refractivity contribution is 0.102. The second kappa shape index (κ2) is 7.12. The molecule has 0 aliphatic heterocycles. The van der Waals surface area contributed by atoms with Crippen molar-refractivity contribution in [2.45, 2.75) is 13.8 Å². The molecule has 0 radical (unpaired) electrons. The van der Waals surface area contributed by atoms with E-state index in [0.717, 1.165) is 0 Å². The summed E-state index contributed by atoms with van der Waals surface area (Å²) in [4.78, 5) is 17.2. The van der Waals surface area contributed by atoms with Gasteiger partial charge in [0.05, 0.1) is 33.1 Å². The summed E-state index contributed by atoms with van der Waals surface area (Å²) in [7, 11) is 0. The molecule has 0 fully saturated rings. The predicted molar refractivity (Wildman–Crippen MR) is 101 cm³/mol. The summed E-state index contributed by atoms with van der Waals surface area (Å²) in [6, 6.07) is 6.59. The van der Waals surface area contributed by atoms with Crippen molar-refractivity contribution >= 4 is 52.0 Å². The number of hydrogen-bond donors (Lipinski definition) is 1. The van der Waals surface area contributed by atoms with Crippen LogP contribution in [0, 0.1) is 6.92 Å². The molecular formula is C17H14Cl3N3O2. The number of ether oxygens (including phenoxy) is 1. The third-order valence-electron chi connectivity index (χ3n) is 3.56. The molecule has 0 bridgehead atoms.